The molecule has 156 valence electrons. The summed E-state index contributed by atoms with van der Waals surface area (Å²) in [6, 6.07) is 10.7. The SMILES string of the molecule is O=C(O)CC(c1ccc(O)cc1)c1nc(CCCc2ccc3c(n2)NCCC3)co1. The standard InChI is InChI=1S/C23H25N3O4/c27-19-10-7-15(8-11-19)20(13-21(28)29)23-26-18(14-30-23)5-1-4-17-9-6-16-3-2-12-24-22(16)25-17/h6-11,14,20,27H,1-5,12-13H2,(H,24,25)(H,28,29). The van der Waals surface area contributed by atoms with Crippen molar-refractivity contribution in [2.75, 3.05) is 11.9 Å². The number of aryl methyl sites for hydroxylation is 3. The van der Waals surface area contributed by atoms with E-state index in [0.717, 1.165) is 61.4 Å². The first-order chi connectivity index (χ1) is 14.6. The number of aromatic hydroxyl groups is 1. The van der Waals surface area contributed by atoms with E-state index in [-0.39, 0.29) is 12.2 Å². The third-order valence-corrected chi connectivity index (χ3v) is 5.36. The second kappa shape index (κ2) is 8.98. The summed E-state index contributed by atoms with van der Waals surface area (Å²) in [5.74, 6) is 0.0964. The Morgan fingerprint density at radius 2 is 1.90 bits per heavy atom. The third kappa shape index (κ3) is 4.79. The molecule has 1 aromatic carbocycles. The molecule has 0 amide bonds. The Kier molecular flexibility index (Phi) is 5.97. The van der Waals surface area contributed by atoms with E-state index in [4.69, 9.17) is 9.40 Å². The second-order valence-electron chi connectivity index (χ2n) is 7.61. The minimum atomic E-state index is -0.931. The van der Waals surface area contributed by atoms with E-state index in [2.05, 4.69) is 22.4 Å². The molecule has 0 spiro atoms. The van der Waals surface area contributed by atoms with Crippen LogP contribution in [0.3, 0.4) is 0 Å². The number of benzene rings is 1. The van der Waals surface area contributed by atoms with E-state index in [1.807, 2.05) is 0 Å². The number of carboxylic acids is 1. The zero-order valence-corrected chi connectivity index (χ0v) is 16.7. The number of pyridine rings is 1. The van der Waals surface area contributed by atoms with Crippen molar-refractivity contribution < 1.29 is 19.4 Å². The fourth-order valence-electron chi connectivity index (χ4n) is 3.79. The van der Waals surface area contributed by atoms with Crippen molar-refractivity contribution in [1.29, 1.82) is 0 Å². The van der Waals surface area contributed by atoms with Gasteiger partial charge in [0, 0.05) is 12.2 Å². The first kappa shape index (κ1) is 19.9. The van der Waals surface area contributed by atoms with Crippen molar-refractivity contribution in [3.8, 4) is 5.75 Å². The molecule has 7 heteroatoms. The number of hydrogen-bond donors (Lipinski definition) is 3. The molecule has 0 saturated heterocycles. The predicted octanol–water partition coefficient (Wildman–Crippen LogP) is 3.92. The van der Waals surface area contributed by atoms with Crippen LogP contribution in [0.1, 0.15) is 53.6 Å². The van der Waals surface area contributed by atoms with Gasteiger partial charge in [0.15, 0.2) is 0 Å². The summed E-state index contributed by atoms with van der Waals surface area (Å²) in [6.45, 7) is 0.976. The van der Waals surface area contributed by atoms with E-state index >= 15 is 0 Å². The van der Waals surface area contributed by atoms with Gasteiger partial charge in [-0.05, 0) is 61.4 Å². The lowest BCUT2D eigenvalue weighted by molar-refractivity contribution is -0.137. The van der Waals surface area contributed by atoms with Crippen LogP contribution in [0.2, 0.25) is 0 Å². The van der Waals surface area contributed by atoms with Crippen molar-refractivity contribution in [3.63, 3.8) is 0 Å². The zero-order valence-electron chi connectivity index (χ0n) is 16.7. The molecule has 0 saturated carbocycles. The second-order valence-corrected chi connectivity index (χ2v) is 7.61. The lowest BCUT2D eigenvalue weighted by Gasteiger charge is -2.17. The van der Waals surface area contributed by atoms with Gasteiger partial charge in [-0.15, -0.1) is 0 Å². The summed E-state index contributed by atoms with van der Waals surface area (Å²) in [5, 5.41) is 22.1. The first-order valence-corrected chi connectivity index (χ1v) is 10.3. The molecule has 7 nitrogen and oxygen atoms in total. The number of phenols is 1. The molecule has 1 aliphatic rings. The molecule has 1 unspecified atom stereocenters. The number of oxazole rings is 1. The molecule has 1 atom stereocenters. The number of aromatic nitrogens is 2. The smallest absolute Gasteiger partial charge is 0.304 e. The molecule has 3 N–H and O–H groups in total. The number of phenolic OH excluding ortho intramolecular Hbond substituents is 1. The van der Waals surface area contributed by atoms with Crippen LogP contribution < -0.4 is 5.32 Å². The van der Waals surface area contributed by atoms with Crippen LogP contribution in [0.4, 0.5) is 5.82 Å². The molecule has 0 aliphatic carbocycles. The molecule has 0 bridgehead atoms. The number of fused-ring (bicyclic) bond motifs is 1. The average molecular weight is 407 g/mol. The molecule has 30 heavy (non-hydrogen) atoms. The summed E-state index contributed by atoms with van der Waals surface area (Å²) >= 11 is 0. The lowest BCUT2D eigenvalue weighted by atomic mass is 9.95. The van der Waals surface area contributed by atoms with E-state index in [1.54, 1.807) is 18.4 Å². The van der Waals surface area contributed by atoms with Gasteiger partial charge in [-0.3, -0.25) is 4.79 Å². The summed E-state index contributed by atoms with van der Waals surface area (Å²) < 4.78 is 5.63. The average Bonchev–Trinajstić information content (AvgIpc) is 3.21. The number of carboxylic acid groups (broad SMARTS) is 1. The van der Waals surface area contributed by atoms with Crippen molar-refractivity contribution in [2.45, 2.75) is 44.4 Å². The van der Waals surface area contributed by atoms with Crippen LogP contribution in [0.25, 0.3) is 0 Å². The van der Waals surface area contributed by atoms with Crippen LogP contribution in [0, 0.1) is 0 Å². The summed E-state index contributed by atoms with van der Waals surface area (Å²) in [4.78, 5) is 20.6. The molecule has 3 aromatic rings. The summed E-state index contributed by atoms with van der Waals surface area (Å²) in [7, 11) is 0. The van der Waals surface area contributed by atoms with Gasteiger partial charge in [0.2, 0.25) is 5.89 Å². The highest BCUT2D eigenvalue weighted by Crippen LogP contribution is 2.29. The number of anilines is 1. The first-order valence-electron chi connectivity index (χ1n) is 10.3. The lowest BCUT2D eigenvalue weighted by Crippen LogP contribution is -2.14. The van der Waals surface area contributed by atoms with Crippen LogP contribution in [0.15, 0.2) is 47.1 Å². The van der Waals surface area contributed by atoms with Crippen molar-refractivity contribution in [2.24, 2.45) is 0 Å². The summed E-state index contributed by atoms with van der Waals surface area (Å²) in [6.07, 6.45) is 6.15. The Hall–Kier alpha value is -3.35. The molecule has 4 rings (SSSR count). The predicted molar refractivity (Wildman–Crippen MR) is 112 cm³/mol. The van der Waals surface area contributed by atoms with E-state index in [0.29, 0.717) is 5.89 Å². The number of nitrogens with zero attached hydrogens (tertiary/aromatic N) is 2. The van der Waals surface area contributed by atoms with Gasteiger partial charge < -0.3 is 19.9 Å². The highest BCUT2D eigenvalue weighted by molar-refractivity contribution is 5.68. The van der Waals surface area contributed by atoms with Crippen LogP contribution in [0.5, 0.6) is 5.75 Å². The normalized spacial score (nSPS) is 14.0. The van der Waals surface area contributed by atoms with Gasteiger partial charge in [-0.2, -0.15) is 0 Å². The Morgan fingerprint density at radius 1 is 1.10 bits per heavy atom. The highest BCUT2D eigenvalue weighted by atomic mass is 16.4. The van der Waals surface area contributed by atoms with Gasteiger partial charge in [0.25, 0.3) is 0 Å². The monoisotopic (exact) mass is 407 g/mol. The fraction of sp³-hybridized carbons (Fsp3) is 0.348. The minimum absolute atomic E-state index is 0.128. The topological polar surface area (TPSA) is 108 Å². The van der Waals surface area contributed by atoms with Gasteiger partial charge in [0.1, 0.15) is 17.8 Å². The van der Waals surface area contributed by atoms with Crippen molar-refractivity contribution in [3.05, 3.63) is 71.1 Å². The molecular weight excluding hydrogens is 382 g/mol. The molecule has 1 aliphatic heterocycles. The van der Waals surface area contributed by atoms with E-state index in [9.17, 15) is 15.0 Å². The number of carbonyl (C=O) groups is 1. The summed E-state index contributed by atoms with van der Waals surface area (Å²) in [5.41, 5.74) is 3.88. The van der Waals surface area contributed by atoms with E-state index in [1.165, 1.54) is 17.7 Å². The van der Waals surface area contributed by atoms with Gasteiger partial charge in [0.05, 0.1) is 18.0 Å². The van der Waals surface area contributed by atoms with Gasteiger partial charge >= 0.3 is 5.97 Å². The number of aliphatic carboxylic acids is 1. The van der Waals surface area contributed by atoms with Crippen LogP contribution in [-0.4, -0.2) is 32.7 Å². The van der Waals surface area contributed by atoms with Crippen LogP contribution >= 0.6 is 0 Å². The minimum Gasteiger partial charge on any atom is -0.508 e. The maximum Gasteiger partial charge on any atom is 0.304 e. The maximum atomic E-state index is 11.3. The Morgan fingerprint density at radius 3 is 2.70 bits per heavy atom. The molecule has 0 fully saturated rings. The molecule has 0 radical (unpaired) electrons. The zero-order chi connectivity index (χ0) is 20.9. The maximum absolute atomic E-state index is 11.3. The van der Waals surface area contributed by atoms with E-state index < -0.39 is 11.9 Å². The third-order valence-electron chi connectivity index (χ3n) is 5.36. The van der Waals surface area contributed by atoms with Crippen molar-refractivity contribution >= 4 is 11.8 Å². The molecular formula is C23H25N3O4. The largest absolute Gasteiger partial charge is 0.508 e. The molecule has 2 aromatic heterocycles. The van der Waals surface area contributed by atoms with Gasteiger partial charge in [-0.1, -0.05) is 18.2 Å². The Balaban J connectivity index is 1.40. The fourth-order valence-corrected chi connectivity index (χ4v) is 3.79. The van der Waals surface area contributed by atoms with Gasteiger partial charge in [-0.25, -0.2) is 9.97 Å². The van der Waals surface area contributed by atoms with Crippen LogP contribution in [-0.2, 0) is 24.1 Å². The Labute approximate surface area is 174 Å². The number of rotatable bonds is 8. The quantitative estimate of drug-likeness (QED) is 0.519. The molecule has 3 heterocycles. The Bertz CT molecular complexity index is 1010. The number of hydrogen-bond acceptors (Lipinski definition) is 6. The highest BCUT2D eigenvalue weighted by Gasteiger charge is 2.23. The van der Waals surface area contributed by atoms with Crippen molar-refractivity contribution in [1.82, 2.24) is 9.97 Å². The number of nitrogens with one attached hydrogen (secondary N) is 1.